The third kappa shape index (κ3) is 3.50. The number of aliphatic hydroxyl groups is 1. The Morgan fingerprint density at radius 1 is 1.44 bits per heavy atom. The topological polar surface area (TPSA) is 109 Å². The van der Waals surface area contributed by atoms with Gasteiger partial charge in [-0.15, -0.1) is 16.4 Å². The van der Waals surface area contributed by atoms with Crippen LogP contribution < -0.4 is 10.2 Å². The lowest BCUT2D eigenvalue weighted by Crippen LogP contribution is -2.37. The maximum atomic E-state index is 12.0. The number of rotatable bonds is 5. The summed E-state index contributed by atoms with van der Waals surface area (Å²) in [5.41, 5.74) is 2.44. The van der Waals surface area contributed by atoms with Crippen LogP contribution in [0.15, 0.2) is 17.9 Å². The highest BCUT2D eigenvalue weighted by Gasteiger charge is 2.26. The monoisotopic (exact) mass is 387 g/mol. The largest absolute Gasteiger partial charge is 0.395 e. The fourth-order valence-electron chi connectivity index (χ4n) is 3.36. The second-order valence-electron chi connectivity index (χ2n) is 6.60. The van der Waals surface area contributed by atoms with Gasteiger partial charge in [-0.3, -0.25) is 4.79 Å². The fraction of sp³-hybridized carbons (Fsp3) is 0.471. The lowest BCUT2D eigenvalue weighted by atomic mass is 10.1. The predicted octanol–water partition coefficient (Wildman–Crippen LogP) is 1.15. The average Bonchev–Trinajstić information content (AvgIpc) is 3.34. The van der Waals surface area contributed by atoms with Crippen LogP contribution in [0.1, 0.15) is 34.9 Å². The van der Waals surface area contributed by atoms with Gasteiger partial charge in [0.1, 0.15) is 12.1 Å². The van der Waals surface area contributed by atoms with Gasteiger partial charge in [-0.05, 0) is 30.7 Å². The van der Waals surface area contributed by atoms with Crippen LogP contribution in [-0.4, -0.2) is 62.2 Å². The van der Waals surface area contributed by atoms with E-state index in [4.69, 9.17) is 5.11 Å². The number of carbonyl (C=O) groups excluding carboxylic acids is 1. The van der Waals surface area contributed by atoms with Crippen LogP contribution in [0, 0.1) is 6.92 Å². The predicted molar refractivity (Wildman–Crippen MR) is 102 cm³/mol. The van der Waals surface area contributed by atoms with Crippen molar-refractivity contribution in [3.05, 3.63) is 29.2 Å². The first-order valence-electron chi connectivity index (χ1n) is 8.92. The number of nitrogens with one attached hydrogen (secondary N) is 1. The Bertz CT molecular complexity index is 954. The molecule has 1 unspecified atom stereocenters. The molecule has 142 valence electrons. The van der Waals surface area contributed by atoms with E-state index in [0.29, 0.717) is 0 Å². The molecule has 1 amide bonds. The summed E-state index contributed by atoms with van der Waals surface area (Å²) in [4.78, 5) is 23.2. The van der Waals surface area contributed by atoms with Gasteiger partial charge in [0, 0.05) is 19.6 Å². The second kappa shape index (κ2) is 7.57. The Balaban J connectivity index is 1.53. The number of aromatic nitrogens is 5. The van der Waals surface area contributed by atoms with Crippen LogP contribution in [-0.2, 0) is 0 Å². The molecule has 9 nitrogen and oxygen atoms in total. The smallest absolute Gasteiger partial charge is 0.273 e. The van der Waals surface area contributed by atoms with Gasteiger partial charge in [0.05, 0.1) is 29.1 Å². The summed E-state index contributed by atoms with van der Waals surface area (Å²) in [5, 5.41) is 21.6. The van der Waals surface area contributed by atoms with Crippen molar-refractivity contribution in [1.82, 2.24) is 30.3 Å². The minimum Gasteiger partial charge on any atom is -0.395 e. The Morgan fingerprint density at radius 2 is 2.33 bits per heavy atom. The van der Waals surface area contributed by atoms with Gasteiger partial charge in [-0.1, -0.05) is 5.21 Å². The molecule has 0 bridgehead atoms. The molecule has 1 aliphatic heterocycles. The number of hydrogen-bond donors (Lipinski definition) is 2. The molecule has 4 rings (SSSR count). The summed E-state index contributed by atoms with van der Waals surface area (Å²) in [6, 6.07) is 0.122. The molecule has 1 saturated heterocycles. The molecule has 27 heavy (non-hydrogen) atoms. The zero-order valence-corrected chi connectivity index (χ0v) is 15.8. The molecule has 0 aliphatic carbocycles. The van der Waals surface area contributed by atoms with Crippen LogP contribution in [0.4, 0.5) is 5.82 Å². The number of fused-ring (bicyclic) bond motifs is 1. The second-order valence-corrected chi connectivity index (χ2v) is 7.48. The quantitative estimate of drug-likeness (QED) is 0.676. The molecule has 1 aliphatic rings. The molecule has 0 spiro atoms. The fourth-order valence-corrected chi connectivity index (χ4v) is 4.38. The number of piperidine rings is 1. The normalized spacial score (nSPS) is 17.4. The van der Waals surface area contributed by atoms with Gasteiger partial charge < -0.3 is 15.3 Å². The van der Waals surface area contributed by atoms with E-state index in [1.165, 1.54) is 5.56 Å². The summed E-state index contributed by atoms with van der Waals surface area (Å²) in [5.74, 6) is 0.637. The molecule has 10 heteroatoms. The van der Waals surface area contributed by atoms with Crippen LogP contribution >= 0.6 is 11.3 Å². The highest BCUT2D eigenvalue weighted by molar-refractivity contribution is 7.18. The van der Waals surface area contributed by atoms with Crippen molar-refractivity contribution >= 4 is 33.3 Å². The van der Waals surface area contributed by atoms with E-state index in [1.54, 1.807) is 28.5 Å². The number of carbonyl (C=O) groups is 1. The van der Waals surface area contributed by atoms with Crippen molar-refractivity contribution in [2.45, 2.75) is 25.8 Å². The molecular formula is C17H21N7O2S. The highest BCUT2D eigenvalue weighted by atomic mass is 32.1. The number of thiophene rings is 1. The van der Waals surface area contributed by atoms with Crippen LogP contribution in [0.3, 0.4) is 0 Å². The third-order valence-electron chi connectivity index (χ3n) is 4.72. The summed E-state index contributed by atoms with van der Waals surface area (Å²) in [6.07, 6.45) is 5.27. The van der Waals surface area contributed by atoms with Crippen LogP contribution in [0.2, 0.25) is 0 Å². The molecule has 0 radical (unpaired) electrons. The minimum atomic E-state index is -0.325. The van der Waals surface area contributed by atoms with E-state index in [9.17, 15) is 4.79 Å². The van der Waals surface area contributed by atoms with E-state index in [-0.39, 0.29) is 30.8 Å². The van der Waals surface area contributed by atoms with Gasteiger partial charge in [-0.25, -0.2) is 14.6 Å². The lowest BCUT2D eigenvalue weighted by molar-refractivity contribution is 0.0939. The first kappa shape index (κ1) is 17.8. The zero-order chi connectivity index (χ0) is 18.8. The molecule has 2 N–H and O–H groups in total. The highest BCUT2D eigenvalue weighted by Crippen LogP contribution is 2.33. The van der Waals surface area contributed by atoms with Gasteiger partial charge >= 0.3 is 0 Å². The molecule has 1 fully saturated rings. The molecule has 3 aromatic heterocycles. The van der Waals surface area contributed by atoms with Gasteiger partial charge in [-0.2, -0.15) is 0 Å². The van der Waals surface area contributed by atoms with E-state index in [0.717, 1.165) is 42.0 Å². The first-order chi connectivity index (χ1) is 13.2. The van der Waals surface area contributed by atoms with Crippen molar-refractivity contribution in [2.24, 2.45) is 0 Å². The summed E-state index contributed by atoms with van der Waals surface area (Å²) >= 11 is 1.67. The van der Waals surface area contributed by atoms with Crippen molar-refractivity contribution < 1.29 is 9.90 Å². The van der Waals surface area contributed by atoms with E-state index in [2.05, 4.69) is 42.8 Å². The molecule has 3 aromatic rings. The van der Waals surface area contributed by atoms with Gasteiger partial charge in [0.2, 0.25) is 0 Å². The standard InChI is InChI=1S/C17H21N7O2S/c1-11-9-27-15-14(11)19-10-20-16(15)23-5-2-3-12(7-23)24-8-13(21-22-24)17(26)18-4-6-25/h8-10,12,25H,2-7H2,1H3,(H,18,26). The van der Waals surface area contributed by atoms with Gasteiger partial charge in [0.25, 0.3) is 5.91 Å². The number of hydrogen-bond acceptors (Lipinski definition) is 8. The lowest BCUT2D eigenvalue weighted by Gasteiger charge is -2.33. The number of aliphatic hydroxyl groups excluding tert-OH is 1. The number of amides is 1. The molecule has 0 aromatic carbocycles. The zero-order valence-electron chi connectivity index (χ0n) is 15.0. The third-order valence-corrected chi connectivity index (χ3v) is 5.81. The van der Waals surface area contributed by atoms with Crippen molar-refractivity contribution in [3.63, 3.8) is 0 Å². The summed E-state index contributed by atoms with van der Waals surface area (Å²) in [7, 11) is 0. The number of aryl methyl sites for hydroxylation is 1. The van der Waals surface area contributed by atoms with Crippen molar-refractivity contribution in [2.75, 3.05) is 31.1 Å². The van der Waals surface area contributed by atoms with E-state index >= 15 is 0 Å². The minimum absolute atomic E-state index is 0.104. The Labute approximate surface area is 160 Å². The van der Waals surface area contributed by atoms with Crippen molar-refractivity contribution in [1.29, 1.82) is 0 Å². The van der Waals surface area contributed by atoms with Crippen molar-refractivity contribution in [3.8, 4) is 0 Å². The maximum absolute atomic E-state index is 12.0. The molecule has 1 atom stereocenters. The first-order valence-corrected chi connectivity index (χ1v) is 9.80. The van der Waals surface area contributed by atoms with Crippen LogP contribution in [0.5, 0.6) is 0 Å². The average molecular weight is 387 g/mol. The maximum Gasteiger partial charge on any atom is 0.273 e. The molecule has 0 saturated carbocycles. The number of anilines is 1. The van der Waals surface area contributed by atoms with E-state index < -0.39 is 0 Å². The molecule has 4 heterocycles. The van der Waals surface area contributed by atoms with E-state index in [1.807, 2.05) is 0 Å². The Morgan fingerprint density at radius 3 is 3.19 bits per heavy atom. The summed E-state index contributed by atoms with van der Waals surface area (Å²) in [6.45, 7) is 3.84. The number of nitrogens with zero attached hydrogens (tertiary/aromatic N) is 6. The van der Waals surface area contributed by atoms with Crippen LogP contribution in [0.25, 0.3) is 10.2 Å². The Hall–Kier alpha value is -2.59. The Kier molecular flexibility index (Phi) is 4.99. The summed E-state index contributed by atoms with van der Waals surface area (Å²) < 4.78 is 2.87. The van der Waals surface area contributed by atoms with Gasteiger partial charge in [0.15, 0.2) is 5.69 Å². The SMILES string of the molecule is Cc1csc2c(N3CCCC(n4cc(C(=O)NCCO)nn4)C3)ncnc12. The molecular weight excluding hydrogens is 366 g/mol.